The summed E-state index contributed by atoms with van der Waals surface area (Å²) in [6.07, 6.45) is 1.55. The van der Waals surface area contributed by atoms with Crippen molar-refractivity contribution in [3.63, 3.8) is 0 Å². The Bertz CT molecular complexity index is 321. The van der Waals surface area contributed by atoms with Crippen molar-refractivity contribution in [2.45, 2.75) is 52.2 Å². The molecule has 1 aromatic heterocycles. The smallest absolute Gasteiger partial charge is 0.0898 e. The summed E-state index contributed by atoms with van der Waals surface area (Å²) in [4.78, 5) is 4.44. The molecule has 2 N–H and O–H groups in total. The molecule has 0 bridgehead atoms. The molecule has 1 unspecified atom stereocenters. The number of aromatic nitrogens is 1. The second-order valence-electron chi connectivity index (χ2n) is 4.33. The van der Waals surface area contributed by atoms with Crippen molar-refractivity contribution >= 4 is 11.3 Å². The molecule has 0 fully saturated rings. The molecule has 0 radical (unpaired) electrons. The summed E-state index contributed by atoms with van der Waals surface area (Å²) in [5.74, 6) is 0. The summed E-state index contributed by atoms with van der Waals surface area (Å²) >= 11 is 1.66. The van der Waals surface area contributed by atoms with E-state index in [-0.39, 0.29) is 6.04 Å². The van der Waals surface area contributed by atoms with E-state index in [0.29, 0.717) is 6.54 Å². The van der Waals surface area contributed by atoms with Gasteiger partial charge in [-0.2, -0.15) is 0 Å². The van der Waals surface area contributed by atoms with E-state index in [9.17, 15) is 5.11 Å². The number of nitrogens with one attached hydrogen (secondary N) is 1. The zero-order valence-electron chi connectivity index (χ0n) is 10.6. The van der Waals surface area contributed by atoms with Crippen LogP contribution in [-0.4, -0.2) is 22.2 Å². The fraction of sp³-hybridized carbons (Fsp3) is 0.750. The van der Waals surface area contributed by atoms with Crippen LogP contribution in [0.2, 0.25) is 0 Å². The van der Waals surface area contributed by atoms with Crippen molar-refractivity contribution in [1.29, 1.82) is 0 Å². The van der Waals surface area contributed by atoms with E-state index in [0.717, 1.165) is 23.5 Å². The molecule has 0 aliphatic carbocycles. The first-order valence-electron chi connectivity index (χ1n) is 5.88. The van der Waals surface area contributed by atoms with Gasteiger partial charge in [0.15, 0.2) is 0 Å². The lowest BCUT2D eigenvalue weighted by Crippen LogP contribution is -2.40. The van der Waals surface area contributed by atoms with E-state index in [4.69, 9.17) is 0 Å². The molecule has 0 amide bonds. The third-order valence-corrected chi connectivity index (χ3v) is 3.93. The molecule has 0 saturated heterocycles. The topological polar surface area (TPSA) is 45.1 Å². The lowest BCUT2D eigenvalue weighted by molar-refractivity contribution is 0.0302. The minimum atomic E-state index is -0.584. The maximum Gasteiger partial charge on any atom is 0.0898 e. The van der Waals surface area contributed by atoms with E-state index in [1.165, 1.54) is 0 Å². The Labute approximate surface area is 102 Å². The largest absolute Gasteiger partial charge is 0.389 e. The van der Waals surface area contributed by atoms with Gasteiger partial charge >= 0.3 is 0 Å². The molecule has 0 saturated carbocycles. The number of rotatable bonds is 6. The number of hydrogen-bond donors (Lipinski definition) is 2. The molecule has 0 spiro atoms. The van der Waals surface area contributed by atoms with Crippen molar-refractivity contribution in [3.8, 4) is 0 Å². The van der Waals surface area contributed by atoms with Crippen LogP contribution < -0.4 is 5.32 Å². The van der Waals surface area contributed by atoms with Gasteiger partial charge in [-0.15, -0.1) is 11.3 Å². The minimum Gasteiger partial charge on any atom is -0.389 e. The molecule has 0 aromatic carbocycles. The normalized spacial score (nSPS) is 14.1. The van der Waals surface area contributed by atoms with Crippen molar-refractivity contribution in [1.82, 2.24) is 10.3 Å². The summed E-state index contributed by atoms with van der Waals surface area (Å²) in [5.41, 5.74) is 0.483. The van der Waals surface area contributed by atoms with Crippen molar-refractivity contribution in [2.24, 2.45) is 0 Å². The van der Waals surface area contributed by atoms with E-state index < -0.39 is 5.60 Å². The van der Waals surface area contributed by atoms with Gasteiger partial charge in [-0.05, 0) is 26.7 Å². The van der Waals surface area contributed by atoms with Gasteiger partial charge in [0.2, 0.25) is 0 Å². The summed E-state index contributed by atoms with van der Waals surface area (Å²) in [6.45, 7) is 8.75. The van der Waals surface area contributed by atoms with Crippen molar-refractivity contribution in [3.05, 3.63) is 16.1 Å². The molecular formula is C12H22N2OS. The predicted octanol–water partition coefficient (Wildman–Crippen LogP) is 2.65. The Balaban J connectivity index is 2.49. The van der Waals surface area contributed by atoms with Crippen molar-refractivity contribution < 1.29 is 5.11 Å². The molecule has 0 aliphatic rings. The number of aliphatic hydroxyl groups is 1. The molecule has 3 nitrogen and oxygen atoms in total. The van der Waals surface area contributed by atoms with Gasteiger partial charge in [0.25, 0.3) is 0 Å². The third kappa shape index (κ3) is 3.54. The second-order valence-corrected chi connectivity index (χ2v) is 5.39. The lowest BCUT2D eigenvalue weighted by atomic mass is 9.97. The van der Waals surface area contributed by atoms with Crippen LogP contribution in [0.5, 0.6) is 0 Å². The molecule has 0 aliphatic heterocycles. The highest BCUT2D eigenvalue weighted by atomic mass is 32.1. The van der Waals surface area contributed by atoms with Crippen LogP contribution in [0.3, 0.4) is 0 Å². The van der Waals surface area contributed by atoms with Crippen LogP contribution >= 0.6 is 11.3 Å². The zero-order chi connectivity index (χ0) is 12.2. The monoisotopic (exact) mass is 242 g/mol. The minimum absolute atomic E-state index is 0.203. The van der Waals surface area contributed by atoms with Gasteiger partial charge in [-0.3, -0.25) is 0 Å². The Morgan fingerprint density at radius 2 is 2.12 bits per heavy atom. The fourth-order valence-electron chi connectivity index (χ4n) is 1.53. The Kier molecular flexibility index (Phi) is 4.89. The number of nitrogens with zero attached hydrogens (tertiary/aromatic N) is 1. The number of thiazole rings is 1. The van der Waals surface area contributed by atoms with Crippen LogP contribution in [0.1, 0.15) is 50.4 Å². The molecule has 1 rings (SSSR count). The Morgan fingerprint density at radius 3 is 2.56 bits per heavy atom. The Hall–Kier alpha value is -0.450. The highest BCUT2D eigenvalue weighted by Crippen LogP contribution is 2.18. The maximum absolute atomic E-state index is 10.1. The third-order valence-electron chi connectivity index (χ3n) is 3.13. The second kappa shape index (κ2) is 5.75. The van der Waals surface area contributed by atoms with Crippen LogP contribution in [0.15, 0.2) is 5.38 Å². The first-order valence-corrected chi connectivity index (χ1v) is 6.76. The quantitative estimate of drug-likeness (QED) is 0.806. The standard InChI is InChI=1S/C12H22N2OS/c1-5-12(15,6-2)8-13-9(3)11-7-16-10(4)14-11/h7,9,13,15H,5-6,8H2,1-4H3. The van der Waals surface area contributed by atoms with Gasteiger partial charge in [-0.25, -0.2) is 4.98 Å². The van der Waals surface area contributed by atoms with Gasteiger partial charge in [0, 0.05) is 18.0 Å². The molecule has 1 heterocycles. The number of aryl methyl sites for hydroxylation is 1. The first-order chi connectivity index (χ1) is 7.50. The van der Waals surface area contributed by atoms with Crippen LogP contribution in [0.25, 0.3) is 0 Å². The summed E-state index contributed by atoms with van der Waals surface area (Å²) in [7, 11) is 0. The van der Waals surface area contributed by atoms with Gasteiger partial charge in [0.1, 0.15) is 0 Å². The van der Waals surface area contributed by atoms with E-state index in [1.807, 2.05) is 20.8 Å². The highest BCUT2D eigenvalue weighted by molar-refractivity contribution is 7.09. The molecular weight excluding hydrogens is 220 g/mol. The van der Waals surface area contributed by atoms with E-state index in [2.05, 4.69) is 22.6 Å². The number of hydrogen-bond acceptors (Lipinski definition) is 4. The molecule has 4 heteroatoms. The molecule has 1 atom stereocenters. The summed E-state index contributed by atoms with van der Waals surface area (Å²) in [5, 5.41) is 16.7. The lowest BCUT2D eigenvalue weighted by Gasteiger charge is -2.27. The van der Waals surface area contributed by atoms with Gasteiger partial charge in [0.05, 0.1) is 16.3 Å². The summed E-state index contributed by atoms with van der Waals surface area (Å²) < 4.78 is 0. The van der Waals surface area contributed by atoms with Gasteiger partial charge in [-0.1, -0.05) is 13.8 Å². The average molecular weight is 242 g/mol. The zero-order valence-corrected chi connectivity index (χ0v) is 11.4. The highest BCUT2D eigenvalue weighted by Gasteiger charge is 2.23. The molecule has 92 valence electrons. The predicted molar refractivity (Wildman–Crippen MR) is 68.8 cm³/mol. The fourth-order valence-corrected chi connectivity index (χ4v) is 2.23. The Morgan fingerprint density at radius 1 is 1.50 bits per heavy atom. The SMILES string of the molecule is CCC(O)(CC)CNC(C)c1csc(C)n1. The van der Waals surface area contributed by atoms with Crippen molar-refractivity contribution in [2.75, 3.05) is 6.54 Å². The van der Waals surface area contributed by atoms with Crippen LogP contribution in [-0.2, 0) is 0 Å². The average Bonchev–Trinajstić information content (AvgIpc) is 2.72. The maximum atomic E-state index is 10.1. The van der Waals surface area contributed by atoms with Crippen LogP contribution in [0, 0.1) is 6.92 Å². The molecule has 1 aromatic rings. The van der Waals surface area contributed by atoms with Gasteiger partial charge < -0.3 is 10.4 Å². The summed E-state index contributed by atoms with van der Waals surface area (Å²) in [6, 6.07) is 0.203. The molecule has 16 heavy (non-hydrogen) atoms. The van der Waals surface area contributed by atoms with E-state index >= 15 is 0 Å². The first kappa shape index (κ1) is 13.6. The van der Waals surface area contributed by atoms with E-state index in [1.54, 1.807) is 11.3 Å². The van der Waals surface area contributed by atoms with Crippen LogP contribution in [0.4, 0.5) is 0 Å².